The zero-order chi connectivity index (χ0) is 14.4. The number of hydrogen-bond acceptors (Lipinski definition) is 3. The van der Waals surface area contributed by atoms with E-state index in [0.717, 1.165) is 43.9 Å². The molecule has 1 aliphatic heterocycles. The van der Waals surface area contributed by atoms with E-state index in [2.05, 4.69) is 0 Å². The van der Waals surface area contributed by atoms with Gasteiger partial charge in [-0.25, -0.2) is 0 Å². The maximum atomic E-state index is 12.2. The molecule has 0 saturated carbocycles. The lowest BCUT2D eigenvalue weighted by Crippen LogP contribution is -2.35. The average Bonchev–Trinajstić information content (AvgIpc) is 2.48. The van der Waals surface area contributed by atoms with Crippen molar-refractivity contribution >= 4 is 5.91 Å². The number of rotatable bonds is 5. The Morgan fingerprint density at radius 2 is 2.15 bits per heavy atom. The van der Waals surface area contributed by atoms with E-state index in [-0.39, 0.29) is 5.91 Å². The van der Waals surface area contributed by atoms with Crippen molar-refractivity contribution in [1.82, 2.24) is 4.90 Å². The fraction of sp³-hybridized carbons (Fsp3) is 0.562. The number of carbonyl (C=O) groups excluding carboxylic acids is 1. The lowest BCUT2D eigenvalue weighted by Gasteiger charge is -2.27. The summed E-state index contributed by atoms with van der Waals surface area (Å²) in [6.07, 6.45) is 2.53. The highest BCUT2D eigenvalue weighted by molar-refractivity contribution is 5.78. The molecule has 1 heterocycles. The largest absolute Gasteiger partial charge is 0.497 e. The van der Waals surface area contributed by atoms with E-state index in [0.29, 0.717) is 12.3 Å². The Bertz CT molecular complexity index is 441. The van der Waals surface area contributed by atoms with E-state index in [4.69, 9.17) is 9.47 Å². The SMILES string of the molecule is COc1cccc(CC(=O)N(C)CC2CCOCC2)c1. The Labute approximate surface area is 120 Å². The van der Waals surface area contributed by atoms with Gasteiger partial charge in [-0.15, -0.1) is 0 Å². The molecule has 20 heavy (non-hydrogen) atoms. The van der Waals surface area contributed by atoms with Gasteiger partial charge >= 0.3 is 0 Å². The number of likely N-dealkylation sites (N-methyl/N-ethyl adjacent to an activating group) is 1. The zero-order valence-corrected chi connectivity index (χ0v) is 12.3. The first-order chi connectivity index (χ1) is 9.69. The second-order valence-corrected chi connectivity index (χ2v) is 5.36. The number of hydrogen-bond donors (Lipinski definition) is 0. The van der Waals surface area contributed by atoms with E-state index < -0.39 is 0 Å². The van der Waals surface area contributed by atoms with Crippen molar-refractivity contribution in [3.05, 3.63) is 29.8 Å². The molecule has 4 heteroatoms. The predicted octanol–water partition coefficient (Wildman–Crippen LogP) is 2.12. The summed E-state index contributed by atoms with van der Waals surface area (Å²) >= 11 is 0. The molecule has 4 nitrogen and oxygen atoms in total. The Balaban J connectivity index is 1.86. The minimum atomic E-state index is 0.157. The van der Waals surface area contributed by atoms with Gasteiger partial charge in [0.1, 0.15) is 5.75 Å². The molecule has 0 radical (unpaired) electrons. The van der Waals surface area contributed by atoms with Crippen molar-refractivity contribution in [2.45, 2.75) is 19.3 Å². The van der Waals surface area contributed by atoms with Gasteiger partial charge in [-0.3, -0.25) is 4.79 Å². The molecule has 1 amide bonds. The van der Waals surface area contributed by atoms with E-state index in [1.54, 1.807) is 7.11 Å². The average molecular weight is 277 g/mol. The van der Waals surface area contributed by atoms with Gasteiger partial charge in [0.2, 0.25) is 5.91 Å². The van der Waals surface area contributed by atoms with Crippen LogP contribution in [0.1, 0.15) is 18.4 Å². The second-order valence-electron chi connectivity index (χ2n) is 5.36. The summed E-state index contributed by atoms with van der Waals surface area (Å²) in [6, 6.07) is 7.68. The van der Waals surface area contributed by atoms with Crippen LogP contribution in [-0.4, -0.2) is 44.7 Å². The van der Waals surface area contributed by atoms with E-state index in [1.807, 2.05) is 36.2 Å². The molecule has 110 valence electrons. The van der Waals surface area contributed by atoms with Crippen LogP contribution in [0.25, 0.3) is 0 Å². The molecular formula is C16H23NO3. The van der Waals surface area contributed by atoms with Crippen molar-refractivity contribution in [2.24, 2.45) is 5.92 Å². The first-order valence-electron chi connectivity index (χ1n) is 7.13. The summed E-state index contributed by atoms with van der Waals surface area (Å²) in [5.41, 5.74) is 0.994. The quantitative estimate of drug-likeness (QED) is 0.827. The monoisotopic (exact) mass is 277 g/mol. The normalized spacial score (nSPS) is 15.9. The van der Waals surface area contributed by atoms with E-state index in [9.17, 15) is 4.79 Å². The van der Waals surface area contributed by atoms with Crippen molar-refractivity contribution < 1.29 is 14.3 Å². The highest BCUT2D eigenvalue weighted by Crippen LogP contribution is 2.17. The lowest BCUT2D eigenvalue weighted by molar-refractivity contribution is -0.130. The molecule has 1 aromatic rings. The molecule has 0 aliphatic carbocycles. The minimum absolute atomic E-state index is 0.157. The molecule has 1 aliphatic rings. The number of carbonyl (C=O) groups is 1. The number of amides is 1. The third-order valence-electron chi connectivity index (χ3n) is 3.79. The van der Waals surface area contributed by atoms with Crippen LogP contribution < -0.4 is 4.74 Å². The summed E-state index contributed by atoms with van der Waals surface area (Å²) < 4.78 is 10.5. The predicted molar refractivity (Wildman–Crippen MR) is 77.9 cm³/mol. The molecular weight excluding hydrogens is 254 g/mol. The standard InChI is InChI=1S/C16H23NO3/c1-17(12-13-6-8-20-9-7-13)16(18)11-14-4-3-5-15(10-14)19-2/h3-5,10,13H,6-9,11-12H2,1-2H3. The van der Waals surface area contributed by atoms with E-state index >= 15 is 0 Å². The Morgan fingerprint density at radius 3 is 2.85 bits per heavy atom. The molecule has 2 rings (SSSR count). The van der Waals surface area contributed by atoms with Crippen molar-refractivity contribution in [1.29, 1.82) is 0 Å². The molecule has 0 N–H and O–H groups in total. The van der Waals surface area contributed by atoms with Gasteiger partial charge in [-0.1, -0.05) is 12.1 Å². The Morgan fingerprint density at radius 1 is 1.40 bits per heavy atom. The van der Waals surface area contributed by atoms with Crippen molar-refractivity contribution in [3.8, 4) is 5.75 Å². The van der Waals surface area contributed by atoms with Gasteiger partial charge in [0.15, 0.2) is 0 Å². The second kappa shape index (κ2) is 7.29. The number of methoxy groups -OCH3 is 1. The third kappa shape index (κ3) is 4.23. The molecule has 0 atom stereocenters. The highest BCUT2D eigenvalue weighted by atomic mass is 16.5. The van der Waals surface area contributed by atoms with Gasteiger partial charge in [0.25, 0.3) is 0 Å². The summed E-state index contributed by atoms with van der Waals surface area (Å²) in [7, 11) is 3.52. The molecule has 1 aromatic carbocycles. The number of benzene rings is 1. The van der Waals surface area contributed by atoms with Crippen molar-refractivity contribution in [2.75, 3.05) is 33.9 Å². The molecule has 0 bridgehead atoms. The maximum absolute atomic E-state index is 12.2. The van der Waals surface area contributed by atoms with Crippen LogP contribution in [0.4, 0.5) is 0 Å². The summed E-state index contributed by atoms with van der Waals surface area (Å²) in [5, 5.41) is 0. The molecule has 1 saturated heterocycles. The summed E-state index contributed by atoms with van der Waals surface area (Å²) in [4.78, 5) is 14.1. The number of ether oxygens (including phenoxy) is 2. The fourth-order valence-corrected chi connectivity index (χ4v) is 2.51. The van der Waals surface area contributed by atoms with Gasteiger partial charge in [0.05, 0.1) is 13.5 Å². The fourth-order valence-electron chi connectivity index (χ4n) is 2.51. The van der Waals surface area contributed by atoms with Gasteiger partial charge in [-0.05, 0) is 36.5 Å². The Kier molecular flexibility index (Phi) is 5.41. The minimum Gasteiger partial charge on any atom is -0.497 e. The van der Waals surface area contributed by atoms with Gasteiger partial charge in [0, 0.05) is 26.8 Å². The lowest BCUT2D eigenvalue weighted by atomic mass is 9.99. The van der Waals surface area contributed by atoms with Crippen LogP contribution in [0.3, 0.4) is 0 Å². The van der Waals surface area contributed by atoms with Crippen LogP contribution in [0.15, 0.2) is 24.3 Å². The Hall–Kier alpha value is -1.55. The van der Waals surface area contributed by atoms with E-state index in [1.165, 1.54) is 0 Å². The van der Waals surface area contributed by atoms with Crippen LogP contribution in [0, 0.1) is 5.92 Å². The first kappa shape index (κ1) is 14.9. The van der Waals surface area contributed by atoms with Crippen LogP contribution >= 0.6 is 0 Å². The maximum Gasteiger partial charge on any atom is 0.226 e. The molecule has 0 spiro atoms. The van der Waals surface area contributed by atoms with Gasteiger partial charge in [-0.2, -0.15) is 0 Å². The molecule has 0 aromatic heterocycles. The number of nitrogens with zero attached hydrogens (tertiary/aromatic N) is 1. The van der Waals surface area contributed by atoms with Crippen LogP contribution in [-0.2, 0) is 16.0 Å². The smallest absolute Gasteiger partial charge is 0.226 e. The zero-order valence-electron chi connectivity index (χ0n) is 12.3. The van der Waals surface area contributed by atoms with Crippen LogP contribution in [0.5, 0.6) is 5.75 Å². The molecule has 0 unspecified atom stereocenters. The van der Waals surface area contributed by atoms with Crippen molar-refractivity contribution in [3.63, 3.8) is 0 Å². The van der Waals surface area contributed by atoms with Gasteiger partial charge < -0.3 is 14.4 Å². The van der Waals surface area contributed by atoms with Crippen LogP contribution in [0.2, 0.25) is 0 Å². The molecule has 1 fully saturated rings. The first-order valence-corrected chi connectivity index (χ1v) is 7.13. The third-order valence-corrected chi connectivity index (χ3v) is 3.79. The highest BCUT2D eigenvalue weighted by Gasteiger charge is 2.18. The topological polar surface area (TPSA) is 38.8 Å². The summed E-state index contributed by atoms with van der Waals surface area (Å²) in [5.74, 6) is 1.52. The summed E-state index contributed by atoms with van der Waals surface area (Å²) in [6.45, 7) is 2.47.